The van der Waals surface area contributed by atoms with Crippen molar-refractivity contribution < 1.29 is 19.1 Å². The van der Waals surface area contributed by atoms with Crippen molar-refractivity contribution in [2.45, 2.75) is 20.8 Å². The molecule has 0 spiro atoms. The number of rotatable bonds is 4. The van der Waals surface area contributed by atoms with Crippen molar-refractivity contribution in [3.05, 3.63) is 35.4 Å². The molecule has 0 aliphatic heterocycles. The Bertz CT molecular complexity index is 616. The number of carbonyl (C=O) groups is 1. The smallest absolute Gasteiger partial charge is 0.374 e. The van der Waals surface area contributed by atoms with Crippen LogP contribution < -0.4 is 4.74 Å². The van der Waals surface area contributed by atoms with Gasteiger partial charge in [0.1, 0.15) is 11.4 Å². The Morgan fingerprint density at radius 1 is 1.37 bits per heavy atom. The van der Waals surface area contributed by atoms with Crippen LogP contribution in [-0.2, 0) is 0 Å². The number of ether oxygens (including phenoxy) is 1. The molecule has 1 aromatic carbocycles. The van der Waals surface area contributed by atoms with Gasteiger partial charge in [0.25, 0.3) is 0 Å². The fraction of sp³-hybridized carbons (Fsp3) is 0.286. The molecule has 5 nitrogen and oxygen atoms in total. The predicted octanol–water partition coefficient (Wildman–Crippen LogP) is 3.06. The number of hydrogen-bond donors (Lipinski definition) is 1. The molecule has 0 amide bonds. The lowest BCUT2D eigenvalue weighted by molar-refractivity contribution is 0.0663. The molecule has 0 bridgehead atoms. The number of hydrogen-bond acceptors (Lipinski definition) is 4. The maximum atomic E-state index is 11.1. The van der Waals surface area contributed by atoms with Gasteiger partial charge in [-0.3, -0.25) is 0 Å². The van der Waals surface area contributed by atoms with Crippen molar-refractivity contribution in [2.75, 3.05) is 6.61 Å². The van der Waals surface area contributed by atoms with Crippen LogP contribution in [-0.4, -0.2) is 22.7 Å². The van der Waals surface area contributed by atoms with Gasteiger partial charge in [0.2, 0.25) is 5.76 Å². The van der Waals surface area contributed by atoms with E-state index < -0.39 is 5.97 Å². The van der Waals surface area contributed by atoms with Crippen LogP contribution in [0.4, 0.5) is 0 Å². The fourth-order valence-electron chi connectivity index (χ4n) is 1.95. The molecule has 0 unspecified atom stereocenters. The van der Waals surface area contributed by atoms with Crippen molar-refractivity contribution in [1.29, 1.82) is 0 Å². The van der Waals surface area contributed by atoms with E-state index in [9.17, 15) is 4.79 Å². The van der Waals surface area contributed by atoms with Crippen LogP contribution >= 0.6 is 0 Å². The van der Waals surface area contributed by atoms with Gasteiger partial charge in [-0.1, -0.05) is 0 Å². The molecule has 0 aliphatic carbocycles. The molecule has 0 saturated heterocycles. The number of oxazole rings is 1. The van der Waals surface area contributed by atoms with Crippen molar-refractivity contribution in [2.24, 2.45) is 0 Å². The molecule has 1 aromatic heterocycles. The van der Waals surface area contributed by atoms with E-state index in [1.165, 1.54) is 0 Å². The van der Waals surface area contributed by atoms with E-state index >= 15 is 0 Å². The Morgan fingerprint density at radius 2 is 2.11 bits per heavy atom. The van der Waals surface area contributed by atoms with E-state index in [1.54, 1.807) is 0 Å². The molecular formula is C14H15NO4. The van der Waals surface area contributed by atoms with Gasteiger partial charge in [-0.05, 0) is 44.0 Å². The zero-order valence-corrected chi connectivity index (χ0v) is 11.1. The van der Waals surface area contributed by atoms with E-state index in [0.29, 0.717) is 12.3 Å². The Kier molecular flexibility index (Phi) is 3.55. The number of aromatic nitrogens is 1. The van der Waals surface area contributed by atoms with Crippen molar-refractivity contribution >= 4 is 5.97 Å². The van der Waals surface area contributed by atoms with Gasteiger partial charge in [-0.2, -0.15) is 0 Å². The van der Waals surface area contributed by atoms with Crippen molar-refractivity contribution in [1.82, 2.24) is 4.98 Å². The van der Waals surface area contributed by atoms with Crippen LogP contribution in [0, 0.1) is 13.8 Å². The molecule has 2 aromatic rings. The highest BCUT2D eigenvalue weighted by molar-refractivity contribution is 5.92. The Balaban J connectivity index is 2.54. The summed E-state index contributed by atoms with van der Waals surface area (Å²) in [5.41, 5.74) is 2.91. The van der Waals surface area contributed by atoms with E-state index in [-0.39, 0.29) is 5.76 Å². The summed E-state index contributed by atoms with van der Waals surface area (Å²) in [6.45, 7) is 6.30. The maximum absolute atomic E-state index is 11.1. The highest BCUT2D eigenvalue weighted by Gasteiger charge is 2.19. The lowest BCUT2D eigenvalue weighted by atomic mass is 10.0. The largest absolute Gasteiger partial charge is 0.494 e. The standard InChI is InChI=1S/C14H15NO4/c1-4-18-11-6-8(2)10(5-9(11)3)12-13(14(16)17)19-7-15-12/h5-7H,4H2,1-3H3,(H,16,17). The van der Waals surface area contributed by atoms with Crippen LogP contribution in [0.25, 0.3) is 11.3 Å². The number of carboxylic acids is 1. The first-order chi connectivity index (χ1) is 9.04. The predicted molar refractivity (Wildman–Crippen MR) is 69.5 cm³/mol. The normalized spacial score (nSPS) is 10.5. The lowest BCUT2D eigenvalue weighted by Gasteiger charge is -2.11. The summed E-state index contributed by atoms with van der Waals surface area (Å²) in [4.78, 5) is 15.1. The highest BCUT2D eigenvalue weighted by atomic mass is 16.5. The Labute approximate surface area is 110 Å². The molecule has 1 heterocycles. The Morgan fingerprint density at radius 3 is 2.74 bits per heavy atom. The highest BCUT2D eigenvalue weighted by Crippen LogP contribution is 2.31. The third kappa shape index (κ3) is 2.45. The van der Waals surface area contributed by atoms with Crippen molar-refractivity contribution in [3.63, 3.8) is 0 Å². The molecule has 0 radical (unpaired) electrons. The maximum Gasteiger partial charge on any atom is 0.374 e. The fourth-order valence-corrected chi connectivity index (χ4v) is 1.95. The summed E-state index contributed by atoms with van der Waals surface area (Å²) >= 11 is 0. The molecule has 19 heavy (non-hydrogen) atoms. The third-order valence-electron chi connectivity index (χ3n) is 2.84. The average Bonchev–Trinajstić information content (AvgIpc) is 2.82. The van der Waals surface area contributed by atoms with E-state index in [2.05, 4.69) is 4.98 Å². The van der Waals surface area contributed by atoms with Crippen LogP contribution in [0.1, 0.15) is 28.6 Å². The number of aromatic carboxylic acids is 1. The van der Waals surface area contributed by atoms with E-state index in [4.69, 9.17) is 14.3 Å². The zero-order valence-electron chi connectivity index (χ0n) is 11.1. The minimum Gasteiger partial charge on any atom is -0.494 e. The first kappa shape index (κ1) is 13.1. The van der Waals surface area contributed by atoms with Crippen molar-refractivity contribution in [3.8, 4) is 17.0 Å². The summed E-state index contributed by atoms with van der Waals surface area (Å²) in [6, 6.07) is 3.75. The number of carboxylic acid groups (broad SMARTS) is 1. The lowest BCUT2D eigenvalue weighted by Crippen LogP contribution is -2.00. The van der Waals surface area contributed by atoms with Gasteiger partial charge in [-0.25, -0.2) is 9.78 Å². The number of nitrogens with zero attached hydrogens (tertiary/aromatic N) is 1. The van der Waals surface area contributed by atoms with Gasteiger partial charge >= 0.3 is 5.97 Å². The summed E-state index contributed by atoms with van der Waals surface area (Å²) in [5, 5.41) is 9.06. The molecule has 5 heteroatoms. The van der Waals surface area contributed by atoms with Gasteiger partial charge in [0, 0.05) is 5.56 Å². The topological polar surface area (TPSA) is 72.6 Å². The summed E-state index contributed by atoms with van der Waals surface area (Å²) in [6.07, 6.45) is 1.14. The molecule has 0 fully saturated rings. The molecule has 0 saturated carbocycles. The van der Waals surface area contributed by atoms with Crippen LogP contribution in [0.15, 0.2) is 22.9 Å². The van der Waals surface area contributed by atoms with Gasteiger partial charge in [-0.15, -0.1) is 0 Å². The SMILES string of the molecule is CCOc1cc(C)c(-c2ncoc2C(=O)O)cc1C. The minimum absolute atomic E-state index is 0.147. The second-order valence-corrected chi connectivity index (χ2v) is 4.20. The van der Waals surface area contributed by atoms with Crippen LogP contribution in [0.3, 0.4) is 0 Å². The minimum atomic E-state index is -1.13. The number of benzene rings is 1. The first-order valence-corrected chi connectivity index (χ1v) is 5.95. The zero-order chi connectivity index (χ0) is 14.0. The second kappa shape index (κ2) is 5.14. The third-order valence-corrected chi connectivity index (χ3v) is 2.84. The van der Waals surface area contributed by atoms with Gasteiger partial charge in [0.15, 0.2) is 6.39 Å². The quantitative estimate of drug-likeness (QED) is 0.915. The second-order valence-electron chi connectivity index (χ2n) is 4.20. The van der Waals surface area contributed by atoms with Gasteiger partial charge < -0.3 is 14.3 Å². The van der Waals surface area contributed by atoms with Crippen LogP contribution in [0.2, 0.25) is 0 Å². The van der Waals surface area contributed by atoms with E-state index in [1.807, 2.05) is 32.9 Å². The van der Waals surface area contributed by atoms with E-state index in [0.717, 1.165) is 28.8 Å². The molecule has 2 rings (SSSR count). The number of aryl methyl sites for hydroxylation is 2. The van der Waals surface area contributed by atoms with Crippen LogP contribution in [0.5, 0.6) is 5.75 Å². The van der Waals surface area contributed by atoms with Gasteiger partial charge in [0.05, 0.1) is 6.61 Å². The molecule has 1 N–H and O–H groups in total. The summed E-state index contributed by atoms with van der Waals surface area (Å²) in [7, 11) is 0. The molecule has 100 valence electrons. The first-order valence-electron chi connectivity index (χ1n) is 5.95. The summed E-state index contributed by atoms with van der Waals surface area (Å²) in [5.74, 6) is -0.478. The molecular weight excluding hydrogens is 246 g/mol. The molecule has 0 aliphatic rings. The monoisotopic (exact) mass is 261 g/mol. The average molecular weight is 261 g/mol. The summed E-state index contributed by atoms with van der Waals surface area (Å²) < 4.78 is 10.4. The molecule has 0 atom stereocenters. The Hall–Kier alpha value is -2.30.